The second kappa shape index (κ2) is 7.24. The van der Waals surface area contributed by atoms with Gasteiger partial charge < -0.3 is 5.11 Å². The largest absolute Gasteiger partial charge is 0.387 e. The van der Waals surface area contributed by atoms with E-state index in [1.54, 1.807) is 0 Å². The van der Waals surface area contributed by atoms with Gasteiger partial charge in [0, 0.05) is 12.6 Å². The second-order valence-electron chi connectivity index (χ2n) is 6.33. The van der Waals surface area contributed by atoms with Crippen LogP contribution in [0.25, 0.3) is 0 Å². The highest BCUT2D eigenvalue weighted by Gasteiger charge is 2.21. The predicted molar refractivity (Wildman–Crippen MR) is 85.0 cm³/mol. The highest BCUT2D eigenvalue weighted by Crippen LogP contribution is 2.24. The van der Waals surface area contributed by atoms with Crippen LogP contribution in [0.15, 0.2) is 24.3 Å². The van der Waals surface area contributed by atoms with Crippen molar-refractivity contribution in [1.82, 2.24) is 4.90 Å². The lowest BCUT2D eigenvalue weighted by Gasteiger charge is -2.34. The standard InChI is InChI=1S/C18H29NO/c1-4-14(2)16-8-10-17(11-9-16)18(20)13-19-12-6-5-7-15(19)3/h8-11,14-15,18,20H,4-7,12-13H2,1-3H3. The number of piperidine rings is 1. The fourth-order valence-corrected chi connectivity index (χ4v) is 3.04. The molecule has 0 bridgehead atoms. The molecule has 2 nitrogen and oxygen atoms in total. The molecule has 0 aliphatic carbocycles. The van der Waals surface area contributed by atoms with Crippen molar-refractivity contribution in [3.05, 3.63) is 35.4 Å². The van der Waals surface area contributed by atoms with Crippen molar-refractivity contribution >= 4 is 0 Å². The molecule has 0 saturated carbocycles. The Morgan fingerprint density at radius 1 is 1.20 bits per heavy atom. The molecule has 0 aromatic heterocycles. The third-order valence-electron chi connectivity index (χ3n) is 4.85. The maximum Gasteiger partial charge on any atom is 0.0917 e. The molecule has 1 fully saturated rings. The molecule has 1 aliphatic heterocycles. The Hall–Kier alpha value is -0.860. The number of rotatable bonds is 5. The van der Waals surface area contributed by atoms with Gasteiger partial charge >= 0.3 is 0 Å². The molecular formula is C18H29NO. The van der Waals surface area contributed by atoms with Gasteiger partial charge in [-0.2, -0.15) is 0 Å². The van der Waals surface area contributed by atoms with Gasteiger partial charge in [-0.1, -0.05) is 44.5 Å². The number of aliphatic hydroxyl groups is 1. The monoisotopic (exact) mass is 275 g/mol. The van der Waals surface area contributed by atoms with Crippen LogP contribution in [0.2, 0.25) is 0 Å². The normalized spacial score (nSPS) is 23.5. The number of hydrogen-bond donors (Lipinski definition) is 1. The molecule has 1 heterocycles. The molecule has 3 unspecified atom stereocenters. The summed E-state index contributed by atoms with van der Waals surface area (Å²) in [4.78, 5) is 2.43. The number of benzene rings is 1. The maximum atomic E-state index is 10.4. The molecule has 1 N–H and O–H groups in total. The predicted octanol–water partition coefficient (Wildman–Crippen LogP) is 4.11. The first-order chi connectivity index (χ1) is 9.61. The van der Waals surface area contributed by atoms with E-state index >= 15 is 0 Å². The number of nitrogens with zero attached hydrogens (tertiary/aromatic N) is 1. The molecule has 2 rings (SSSR count). The van der Waals surface area contributed by atoms with Crippen LogP contribution < -0.4 is 0 Å². The summed E-state index contributed by atoms with van der Waals surface area (Å²) >= 11 is 0. The molecule has 1 saturated heterocycles. The third kappa shape index (κ3) is 3.83. The molecule has 20 heavy (non-hydrogen) atoms. The average Bonchev–Trinajstić information content (AvgIpc) is 2.49. The van der Waals surface area contributed by atoms with Gasteiger partial charge in [0.2, 0.25) is 0 Å². The van der Waals surface area contributed by atoms with Gasteiger partial charge in [-0.25, -0.2) is 0 Å². The van der Waals surface area contributed by atoms with Crippen molar-refractivity contribution in [2.24, 2.45) is 0 Å². The Labute approximate surface area is 123 Å². The van der Waals surface area contributed by atoms with E-state index in [0.717, 1.165) is 25.1 Å². The Kier molecular flexibility index (Phi) is 5.62. The van der Waals surface area contributed by atoms with Crippen LogP contribution in [0.3, 0.4) is 0 Å². The molecule has 0 amide bonds. The number of likely N-dealkylation sites (tertiary alicyclic amines) is 1. The van der Waals surface area contributed by atoms with Crippen molar-refractivity contribution in [1.29, 1.82) is 0 Å². The summed E-state index contributed by atoms with van der Waals surface area (Å²) in [7, 11) is 0. The lowest BCUT2D eigenvalue weighted by molar-refractivity contribution is 0.0732. The van der Waals surface area contributed by atoms with Crippen molar-refractivity contribution in [2.75, 3.05) is 13.1 Å². The summed E-state index contributed by atoms with van der Waals surface area (Å²) in [5.74, 6) is 0.600. The average molecular weight is 275 g/mol. The molecular weight excluding hydrogens is 246 g/mol. The highest BCUT2D eigenvalue weighted by molar-refractivity contribution is 5.26. The van der Waals surface area contributed by atoms with Gasteiger partial charge in [0.05, 0.1) is 6.10 Å². The third-order valence-corrected chi connectivity index (χ3v) is 4.85. The number of aliphatic hydroxyl groups excluding tert-OH is 1. The first kappa shape index (κ1) is 15.5. The van der Waals surface area contributed by atoms with Crippen LogP contribution in [0.4, 0.5) is 0 Å². The van der Waals surface area contributed by atoms with Crippen LogP contribution in [0, 0.1) is 0 Å². The van der Waals surface area contributed by atoms with Crippen LogP contribution >= 0.6 is 0 Å². The minimum absolute atomic E-state index is 0.360. The Morgan fingerprint density at radius 3 is 2.45 bits per heavy atom. The van der Waals surface area contributed by atoms with Crippen molar-refractivity contribution in [3.63, 3.8) is 0 Å². The summed E-state index contributed by atoms with van der Waals surface area (Å²) in [5.41, 5.74) is 2.42. The lowest BCUT2D eigenvalue weighted by Crippen LogP contribution is -2.40. The summed E-state index contributed by atoms with van der Waals surface area (Å²) in [6, 6.07) is 9.15. The van der Waals surface area contributed by atoms with E-state index in [4.69, 9.17) is 0 Å². The molecule has 112 valence electrons. The summed E-state index contributed by atoms with van der Waals surface area (Å²) in [6.45, 7) is 8.64. The van der Waals surface area contributed by atoms with Crippen LogP contribution in [0.5, 0.6) is 0 Å². The van der Waals surface area contributed by atoms with Crippen LogP contribution in [-0.4, -0.2) is 29.1 Å². The minimum Gasteiger partial charge on any atom is -0.387 e. The van der Waals surface area contributed by atoms with Gasteiger partial charge in [-0.3, -0.25) is 4.90 Å². The first-order valence-corrected chi connectivity index (χ1v) is 8.13. The molecule has 0 spiro atoms. The van der Waals surface area contributed by atoms with E-state index < -0.39 is 0 Å². The van der Waals surface area contributed by atoms with Crippen molar-refractivity contribution in [2.45, 2.75) is 64.5 Å². The maximum absolute atomic E-state index is 10.4. The summed E-state index contributed by atoms with van der Waals surface area (Å²) < 4.78 is 0. The van der Waals surface area contributed by atoms with Gasteiger partial charge in [0.1, 0.15) is 0 Å². The van der Waals surface area contributed by atoms with Gasteiger partial charge in [-0.05, 0) is 49.8 Å². The van der Waals surface area contributed by atoms with E-state index in [-0.39, 0.29) is 6.10 Å². The second-order valence-corrected chi connectivity index (χ2v) is 6.33. The lowest BCUT2D eigenvalue weighted by atomic mass is 9.96. The van der Waals surface area contributed by atoms with Crippen molar-refractivity contribution < 1.29 is 5.11 Å². The molecule has 1 aromatic carbocycles. The van der Waals surface area contributed by atoms with Gasteiger partial charge in [-0.15, -0.1) is 0 Å². The number of hydrogen-bond acceptors (Lipinski definition) is 2. The van der Waals surface area contributed by atoms with E-state index in [2.05, 4.69) is 49.9 Å². The summed E-state index contributed by atoms with van der Waals surface area (Å²) in [5, 5.41) is 10.4. The first-order valence-electron chi connectivity index (χ1n) is 8.13. The van der Waals surface area contributed by atoms with E-state index in [1.807, 2.05) is 0 Å². The van der Waals surface area contributed by atoms with Crippen LogP contribution in [-0.2, 0) is 0 Å². The summed E-state index contributed by atoms with van der Waals surface area (Å²) in [6.07, 6.45) is 4.66. The van der Waals surface area contributed by atoms with Crippen LogP contribution in [0.1, 0.15) is 69.6 Å². The van der Waals surface area contributed by atoms with E-state index in [9.17, 15) is 5.11 Å². The topological polar surface area (TPSA) is 23.5 Å². The van der Waals surface area contributed by atoms with Gasteiger partial charge in [0.15, 0.2) is 0 Å². The zero-order chi connectivity index (χ0) is 14.5. The number of β-amino-alcohol motifs (C(OH)–C–C–N with tert-alkyl or cyclic N) is 1. The van der Waals surface area contributed by atoms with E-state index in [1.165, 1.54) is 24.8 Å². The Morgan fingerprint density at radius 2 is 1.85 bits per heavy atom. The fourth-order valence-electron chi connectivity index (χ4n) is 3.04. The molecule has 0 radical (unpaired) electrons. The Bertz CT molecular complexity index is 400. The van der Waals surface area contributed by atoms with Crippen molar-refractivity contribution in [3.8, 4) is 0 Å². The minimum atomic E-state index is -0.360. The smallest absolute Gasteiger partial charge is 0.0917 e. The van der Waals surface area contributed by atoms with Gasteiger partial charge in [0.25, 0.3) is 0 Å². The zero-order valence-corrected chi connectivity index (χ0v) is 13.2. The zero-order valence-electron chi connectivity index (χ0n) is 13.2. The Balaban J connectivity index is 1.96. The fraction of sp³-hybridized carbons (Fsp3) is 0.667. The SMILES string of the molecule is CCC(C)c1ccc(C(O)CN2CCCCC2C)cc1. The molecule has 1 aliphatic rings. The molecule has 2 heteroatoms. The molecule has 1 aromatic rings. The highest BCUT2D eigenvalue weighted by atomic mass is 16.3. The quantitative estimate of drug-likeness (QED) is 0.874. The molecule has 3 atom stereocenters. The van der Waals surface area contributed by atoms with E-state index in [0.29, 0.717) is 12.0 Å².